The topological polar surface area (TPSA) is 25.8 Å². The molecule has 0 atom stereocenters. The van der Waals surface area contributed by atoms with Crippen LogP contribution in [0.5, 0.6) is 0 Å². The molecule has 0 spiro atoms. The predicted molar refractivity (Wildman–Crippen MR) is 84.1 cm³/mol. The van der Waals surface area contributed by atoms with E-state index in [0.29, 0.717) is 26.3 Å². The van der Waals surface area contributed by atoms with Crippen LogP contribution in [0.15, 0.2) is 33.2 Å². The van der Waals surface area contributed by atoms with Crippen molar-refractivity contribution in [1.82, 2.24) is 9.97 Å². The predicted octanol–water partition coefficient (Wildman–Crippen LogP) is 1.89. The van der Waals surface area contributed by atoms with Crippen molar-refractivity contribution in [1.29, 1.82) is 0 Å². The van der Waals surface area contributed by atoms with Gasteiger partial charge in [0.15, 0.2) is 0 Å². The minimum absolute atomic E-state index is 0.395. The first-order valence-electron chi connectivity index (χ1n) is 5.17. The summed E-state index contributed by atoms with van der Waals surface area (Å²) < 4.78 is 4.55. The van der Waals surface area contributed by atoms with Gasteiger partial charge in [0.05, 0.1) is 0 Å². The van der Waals surface area contributed by atoms with E-state index >= 15 is 0 Å². The van der Waals surface area contributed by atoms with Crippen molar-refractivity contribution >= 4 is 67.3 Å². The SMILES string of the molecule is Cc1nc([Se][Se]c2ccc(Br)c(C)n2)ccc1Br. The van der Waals surface area contributed by atoms with Crippen LogP contribution in [-0.2, 0) is 0 Å². The van der Waals surface area contributed by atoms with Crippen molar-refractivity contribution in [3.63, 3.8) is 0 Å². The Morgan fingerprint density at radius 1 is 0.778 bits per heavy atom. The summed E-state index contributed by atoms with van der Waals surface area (Å²) in [7, 11) is 0. The maximum atomic E-state index is 4.59. The van der Waals surface area contributed by atoms with Gasteiger partial charge in [-0.1, -0.05) is 0 Å². The summed E-state index contributed by atoms with van der Waals surface area (Å²) in [6, 6.07) is 8.36. The van der Waals surface area contributed by atoms with Gasteiger partial charge in [0.25, 0.3) is 0 Å². The fraction of sp³-hybridized carbons (Fsp3) is 0.167. The molecule has 0 saturated heterocycles. The number of pyridine rings is 2. The van der Waals surface area contributed by atoms with Gasteiger partial charge in [-0.2, -0.15) is 0 Å². The molecular formula is C12H10Br2N2Se2. The average molecular weight is 500 g/mol. The fourth-order valence-electron chi connectivity index (χ4n) is 1.22. The summed E-state index contributed by atoms with van der Waals surface area (Å²) in [6.07, 6.45) is 0. The minimum atomic E-state index is 0.395. The van der Waals surface area contributed by atoms with Crippen LogP contribution in [0.4, 0.5) is 0 Å². The molecular weight excluding hydrogens is 490 g/mol. The summed E-state index contributed by atoms with van der Waals surface area (Å²) in [5.74, 6) is 0. The van der Waals surface area contributed by atoms with Crippen molar-refractivity contribution in [2.24, 2.45) is 0 Å². The van der Waals surface area contributed by atoms with E-state index in [2.05, 4.69) is 66.1 Å². The van der Waals surface area contributed by atoms with Crippen LogP contribution in [0, 0.1) is 13.8 Å². The van der Waals surface area contributed by atoms with Gasteiger partial charge < -0.3 is 0 Å². The Balaban J connectivity index is 2.06. The molecule has 2 rings (SSSR count). The molecule has 18 heavy (non-hydrogen) atoms. The van der Waals surface area contributed by atoms with E-state index in [0.717, 1.165) is 20.3 Å². The Labute approximate surface area is 135 Å². The van der Waals surface area contributed by atoms with Crippen LogP contribution >= 0.6 is 31.9 Å². The van der Waals surface area contributed by atoms with E-state index in [1.165, 1.54) is 9.18 Å². The van der Waals surface area contributed by atoms with Crippen LogP contribution < -0.4 is 9.18 Å². The Morgan fingerprint density at radius 3 is 1.50 bits per heavy atom. The first-order chi connectivity index (χ1) is 8.56. The van der Waals surface area contributed by atoms with Gasteiger partial charge in [0, 0.05) is 0 Å². The monoisotopic (exact) mass is 500 g/mol. The first kappa shape index (κ1) is 14.7. The van der Waals surface area contributed by atoms with Crippen molar-refractivity contribution in [2.75, 3.05) is 0 Å². The molecule has 0 aliphatic heterocycles. The standard InChI is InChI=1S/C12H10Br2N2Se2/c1-7-9(13)3-5-11(15-7)17-18-12-6-4-10(14)8(2)16-12/h3-6H,1-2H3. The number of hydrogen-bond donors (Lipinski definition) is 0. The van der Waals surface area contributed by atoms with Crippen LogP contribution in [0.3, 0.4) is 0 Å². The third-order valence-electron chi connectivity index (χ3n) is 2.20. The first-order valence-corrected chi connectivity index (χ1v) is 12.8. The molecule has 2 heterocycles. The van der Waals surface area contributed by atoms with Crippen LogP contribution in [0.25, 0.3) is 0 Å². The normalized spacial score (nSPS) is 10.7. The average Bonchev–Trinajstić information content (AvgIpc) is 2.35. The van der Waals surface area contributed by atoms with E-state index in [1.54, 1.807) is 0 Å². The molecule has 2 nitrogen and oxygen atoms in total. The Kier molecular flexibility index (Phi) is 5.43. The van der Waals surface area contributed by atoms with Crippen LogP contribution in [-0.4, -0.2) is 36.2 Å². The second-order valence-corrected chi connectivity index (χ2v) is 11.4. The number of aryl methyl sites for hydroxylation is 2. The molecule has 0 amide bonds. The van der Waals surface area contributed by atoms with Gasteiger partial charge in [-0.3, -0.25) is 0 Å². The summed E-state index contributed by atoms with van der Waals surface area (Å²) >= 11 is 7.74. The van der Waals surface area contributed by atoms with Crippen molar-refractivity contribution in [2.45, 2.75) is 13.8 Å². The Morgan fingerprint density at radius 2 is 1.17 bits per heavy atom. The third-order valence-corrected chi connectivity index (χ3v) is 10.4. The molecule has 0 radical (unpaired) electrons. The van der Waals surface area contributed by atoms with Gasteiger partial charge in [-0.25, -0.2) is 0 Å². The zero-order chi connectivity index (χ0) is 13.1. The summed E-state index contributed by atoms with van der Waals surface area (Å²) in [6.45, 7) is 4.05. The zero-order valence-electron chi connectivity index (χ0n) is 9.78. The number of hydrogen-bond acceptors (Lipinski definition) is 2. The van der Waals surface area contributed by atoms with Gasteiger partial charge >= 0.3 is 136 Å². The molecule has 0 aliphatic carbocycles. The summed E-state index contributed by atoms with van der Waals surface area (Å²) in [5.41, 5.74) is 2.12. The van der Waals surface area contributed by atoms with Gasteiger partial charge in [0.1, 0.15) is 0 Å². The third kappa shape index (κ3) is 3.89. The molecule has 2 aromatic rings. The molecule has 0 bridgehead atoms. The van der Waals surface area contributed by atoms with Crippen molar-refractivity contribution < 1.29 is 0 Å². The molecule has 0 saturated carbocycles. The second-order valence-electron chi connectivity index (χ2n) is 3.60. The van der Waals surface area contributed by atoms with E-state index in [9.17, 15) is 0 Å². The number of halogens is 2. The molecule has 2 aromatic heterocycles. The van der Waals surface area contributed by atoms with E-state index in [4.69, 9.17) is 0 Å². The van der Waals surface area contributed by atoms with E-state index in [-0.39, 0.29) is 0 Å². The molecule has 94 valence electrons. The Bertz CT molecular complexity index is 524. The quantitative estimate of drug-likeness (QED) is 0.603. The van der Waals surface area contributed by atoms with E-state index < -0.39 is 0 Å². The summed E-state index contributed by atoms with van der Waals surface area (Å²) in [4.78, 5) is 9.17. The molecule has 6 heteroatoms. The van der Waals surface area contributed by atoms with Gasteiger partial charge in [-0.05, 0) is 0 Å². The molecule has 0 fully saturated rings. The van der Waals surface area contributed by atoms with Gasteiger partial charge in [-0.15, -0.1) is 0 Å². The molecule has 0 aliphatic rings. The second kappa shape index (κ2) is 6.64. The summed E-state index contributed by atoms with van der Waals surface area (Å²) in [5, 5.41) is 0. The number of rotatable bonds is 3. The maximum absolute atomic E-state index is 4.59. The number of aromatic nitrogens is 2. The van der Waals surface area contributed by atoms with E-state index in [1.807, 2.05) is 13.8 Å². The molecule has 0 N–H and O–H groups in total. The van der Waals surface area contributed by atoms with Gasteiger partial charge in [0.2, 0.25) is 0 Å². The van der Waals surface area contributed by atoms with Crippen LogP contribution in [0.2, 0.25) is 0 Å². The number of nitrogens with zero attached hydrogens (tertiary/aromatic N) is 2. The molecule has 0 unspecified atom stereocenters. The molecule has 0 aromatic carbocycles. The van der Waals surface area contributed by atoms with Crippen molar-refractivity contribution in [3.05, 3.63) is 44.6 Å². The Hall–Kier alpha value is 0.299. The fourth-order valence-corrected chi connectivity index (χ4v) is 7.16. The zero-order valence-corrected chi connectivity index (χ0v) is 16.4. The van der Waals surface area contributed by atoms with Crippen LogP contribution in [0.1, 0.15) is 11.4 Å². The van der Waals surface area contributed by atoms with Crippen molar-refractivity contribution in [3.8, 4) is 0 Å².